The summed E-state index contributed by atoms with van der Waals surface area (Å²) in [6.45, 7) is 4.65. The second-order valence-corrected chi connectivity index (χ2v) is 7.09. The molecule has 3 unspecified atom stereocenters. The molecule has 1 aromatic carbocycles. The number of hydrogen-bond donors (Lipinski definition) is 3. The fourth-order valence-electron chi connectivity index (χ4n) is 2.76. The molecule has 33 heavy (non-hydrogen) atoms. The first-order valence-corrected chi connectivity index (χ1v) is 9.35. The van der Waals surface area contributed by atoms with E-state index in [9.17, 15) is 34.5 Å². The monoisotopic (exact) mass is 484 g/mol. The number of benzene rings is 1. The summed E-state index contributed by atoms with van der Waals surface area (Å²) in [7, 11) is 0. The third kappa shape index (κ3) is 13.4. The Bertz CT molecular complexity index is 775. The summed E-state index contributed by atoms with van der Waals surface area (Å²) in [5.74, 6) is -5.98. The summed E-state index contributed by atoms with van der Waals surface area (Å²) in [6.07, 6.45) is 1.11. The molecular weight excluding hydrogens is 450 g/mol. The number of nitrogens with one attached hydrogen (secondary N) is 2. The van der Waals surface area contributed by atoms with Gasteiger partial charge in [0.1, 0.15) is 5.75 Å². The minimum Gasteiger partial charge on any atom is -0.550 e. The van der Waals surface area contributed by atoms with E-state index < -0.39 is 42.1 Å². The van der Waals surface area contributed by atoms with Crippen LogP contribution in [0.5, 0.6) is 5.75 Å². The van der Waals surface area contributed by atoms with Gasteiger partial charge in [-0.25, -0.2) is 0 Å². The van der Waals surface area contributed by atoms with E-state index >= 15 is 0 Å². The summed E-state index contributed by atoms with van der Waals surface area (Å²) in [4.78, 5) is 46.2. The molecule has 0 radical (unpaired) electrons. The molecule has 1 aromatic rings. The zero-order chi connectivity index (χ0) is 22.1. The molecule has 1 rings (SSSR count). The molecule has 0 aromatic heterocycles. The van der Waals surface area contributed by atoms with Crippen LogP contribution in [0.25, 0.3) is 0 Å². The Hall–Kier alpha value is -1.10. The number of carboxylic acids is 2. The molecule has 0 spiro atoms. The van der Waals surface area contributed by atoms with Crippen LogP contribution >= 0.6 is 0 Å². The van der Waals surface area contributed by atoms with E-state index in [1.165, 1.54) is 25.1 Å². The van der Waals surface area contributed by atoms with Crippen molar-refractivity contribution >= 4 is 23.8 Å². The maximum Gasteiger partial charge on any atom is 1.00 e. The number of carbonyl (C=O) groups is 4. The van der Waals surface area contributed by atoms with Crippen LogP contribution in [0.4, 0.5) is 0 Å². The van der Waals surface area contributed by atoms with E-state index in [-0.39, 0.29) is 97.7 Å². The van der Waals surface area contributed by atoms with Gasteiger partial charge in [-0.05, 0) is 30.0 Å². The van der Waals surface area contributed by atoms with E-state index in [4.69, 9.17) is 0 Å². The average Bonchev–Trinajstić information content (AvgIpc) is 2.68. The summed E-state index contributed by atoms with van der Waals surface area (Å²) in [6, 6.07) is 4.03. The van der Waals surface area contributed by atoms with Crippen molar-refractivity contribution < 1.29 is 93.6 Å². The first kappa shape index (κ1) is 39.1. The minimum absolute atomic E-state index is 0. The minimum atomic E-state index is -1.48. The van der Waals surface area contributed by atoms with Crippen LogP contribution in [0.2, 0.25) is 0 Å². The quantitative estimate of drug-likeness (QED) is 0.264. The van der Waals surface area contributed by atoms with Crippen molar-refractivity contribution in [1.82, 2.24) is 10.6 Å². The fraction of sp³-hybridized carbons (Fsp3) is 0.545. The van der Waals surface area contributed by atoms with Gasteiger partial charge >= 0.3 is 59.1 Å². The smallest absolute Gasteiger partial charge is 0.550 e. The molecule has 0 aliphatic carbocycles. The Kier molecular flexibility index (Phi) is 22.8. The predicted octanol–water partition coefficient (Wildman–Crippen LogP) is -5.79. The third-order valence-electron chi connectivity index (χ3n) is 4.84. The van der Waals surface area contributed by atoms with Gasteiger partial charge in [0.2, 0.25) is 5.91 Å². The standard InChI is InChI=1S/C20H28N2O7.2CH4.2Na/c1-4-11(2)7-14(20(28)29)12(3)18(26)21-9-13-5-6-16(23)15(8-13)19(27)22-10-17(24)25;;;;/h5-6,8,11-12,14,23H,4,7,9-10H2,1-3H3,(H,21,26)(H,22,27)(H,24,25)(H,28,29);2*1H4;;/q;;;2*+1/p-2. The van der Waals surface area contributed by atoms with Crippen molar-refractivity contribution in [2.45, 2.75) is 55.0 Å². The molecule has 0 aliphatic rings. The molecular formula is C22H34N2Na2O7. The van der Waals surface area contributed by atoms with Gasteiger partial charge in [-0.1, -0.05) is 48.1 Å². The molecule has 0 fully saturated rings. The maximum atomic E-state index is 12.4. The van der Waals surface area contributed by atoms with Crippen LogP contribution < -0.4 is 80.0 Å². The number of amides is 2. The predicted molar refractivity (Wildman–Crippen MR) is 112 cm³/mol. The largest absolute Gasteiger partial charge is 1.00 e. The van der Waals surface area contributed by atoms with Gasteiger partial charge in [0.25, 0.3) is 5.91 Å². The van der Waals surface area contributed by atoms with E-state index in [0.29, 0.717) is 12.0 Å². The van der Waals surface area contributed by atoms with E-state index in [2.05, 4.69) is 10.6 Å². The molecule has 0 heterocycles. The molecule has 11 heteroatoms. The van der Waals surface area contributed by atoms with Gasteiger partial charge in [0.15, 0.2) is 0 Å². The topological polar surface area (TPSA) is 159 Å². The molecule has 0 bridgehead atoms. The number of hydrogen-bond acceptors (Lipinski definition) is 7. The van der Waals surface area contributed by atoms with Gasteiger partial charge in [0, 0.05) is 24.3 Å². The van der Waals surface area contributed by atoms with Crippen molar-refractivity contribution in [1.29, 1.82) is 0 Å². The number of carboxylic acid groups (broad SMARTS) is 2. The number of rotatable bonds is 11. The van der Waals surface area contributed by atoms with E-state index in [1.54, 1.807) is 0 Å². The SMILES string of the molecule is C.C.CCC(C)CC(C(=O)[O-])C(C)C(=O)NCc1ccc(O)c(C(=O)NCC(=O)[O-])c1.[Na+].[Na+]. The van der Waals surface area contributed by atoms with Crippen LogP contribution in [0.3, 0.4) is 0 Å². The molecule has 3 N–H and O–H groups in total. The number of aromatic hydroxyl groups is 1. The van der Waals surface area contributed by atoms with Crippen molar-refractivity contribution in [2.75, 3.05) is 6.54 Å². The number of phenols is 1. The van der Waals surface area contributed by atoms with Crippen LogP contribution in [0.1, 0.15) is 64.4 Å². The summed E-state index contributed by atoms with van der Waals surface area (Å²) >= 11 is 0. The number of carbonyl (C=O) groups excluding carboxylic acids is 4. The number of aliphatic carboxylic acids is 2. The molecule has 3 atom stereocenters. The number of phenolic OH excluding ortho intramolecular Hbond substituents is 1. The van der Waals surface area contributed by atoms with Gasteiger partial charge in [0.05, 0.1) is 18.1 Å². The second kappa shape index (κ2) is 19.2. The van der Waals surface area contributed by atoms with Crippen molar-refractivity contribution in [2.24, 2.45) is 17.8 Å². The zero-order valence-electron chi connectivity index (χ0n) is 18.7. The maximum absolute atomic E-state index is 12.4. The van der Waals surface area contributed by atoms with Crippen LogP contribution in [0, 0.1) is 17.8 Å². The fourth-order valence-corrected chi connectivity index (χ4v) is 2.76. The van der Waals surface area contributed by atoms with Gasteiger partial charge in [-0.3, -0.25) is 9.59 Å². The average molecular weight is 485 g/mol. The molecule has 176 valence electrons. The van der Waals surface area contributed by atoms with E-state index in [0.717, 1.165) is 6.42 Å². The van der Waals surface area contributed by atoms with Gasteiger partial charge in [-0.2, -0.15) is 0 Å². The van der Waals surface area contributed by atoms with Gasteiger partial charge < -0.3 is 35.5 Å². The Morgan fingerprint density at radius 2 is 1.61 bits per heavy atom. The summed E-state index contributed by atoms with van der Waals surface area (Å²) in [5.41, 5.74) is 0.310. The molecule has 0 saturated carbocycles. The Labute approximate surface area is 240 Å². The molecule has 0 aliphatic heterocycles. The van der Waals surface area contributed by atoms with Crippen molar-refractivity contribution in [3.63, 3.8) is 0 Å². The first-order valence-electron chi connectivity index (χ1n) is 9.35. The third-order valence-corrected chi connectivity index (χ3v) is 4.84. The molecule has 2 amide bonds. The van der Waals surface area contributed by atoms with Crippen molar-refractivity contribution in [3.05, 3.63) is 29.3 Å². The van der Waals surface area contributed by atoms with Gasteiger partial charge in [-0.15, -0.1) is 0 Å². The van der Waals surface area contributed by atoms with Crippen LogP contribution in [-0.4, -0.2) is 35.4 Å². The summed E-state index contributed by atoms with van der Waals surface area (Å²) < 4.78 is 0. The zero-order valence-corrected chi connectivity index (χ0v) is 22.7. The van der Waals surface area contributed by atoms with Crippen LogP contribution in [0.15, 0.2) is 18.2 Å². The normalized spacial score (nSPS) is 12.1. The first-order chi connectivity index (χ1) is 13.6. The summed E-state index contributed by atoms with van der Waals surface area (Å²) in [5, 5.41) is 36.4. The Morgan fingerprint density at radius 3 is 2.09 bits per heavy atom. The molecule has 9 nitrogen and oxygen atoms in total. The Balaban J connectivity index is -0.00000105. The second-order valence-electron chi connectivity index (χ2n) is 7.09. The molecule has 0 saturated heterocycles. The van der Waals surface area contributed by atoms with Crippen molar-refractivity contribution in [3.8, 4) is 5.75 Å². The Morgan fingerprint density at radius 1 is 1.03 bits per heavy atom. The van der Waals surface area contributed by atoms with Crippen LogP contribution in [-0.2, 0) is 20.9 Å². The van der Waals surface area contributed by atoms with E-state index in [1.807, 2.05) is 13.8 Å².